The van der Waals surface area contributed by atoms with Gasteiger partial charge in [-0.05, 0) is 38.4 Å². The molecule has 4 nitrogen and oxygen atoms in total. The fraction of sp³-hybridized carbons (Fsp3) is 0.846. The number of hydrogen-bond acceptors (Lipinski definition) is 4. The molecule has 2 saturated heterocycles. The third-order valence-electron chi connectivity index (χ3n) is 3.62. The second-order valence-electron chi connectivity index (χ2n) is 4.86. The molecule has 5 heteroatoms. The van der Waals surface area contributed by atoms with Crippen molar-refractivity contribution in [2.75, 3.05) is 24.7 Å². The third kappa shape index (κ3) is 2.99. The average molecular weight is 271 g/mol. The number of rotatable bonds is 3. The summed E-state index contributed by atoms with van der Waals surface area (Å²) in [5.74, 6) is 2.03. The Bertz CT molecular complexity index is 315. The Labute approximate surface area is 112 Å². The number of carbonyl (C=O) groups excluding carboxylic acids is 2. The highest BCUT2D eigenvalue weighted by atomic mass is 32.2. The van der Waals surface area contributed by atoms with E-state index in [1.54, 1.807) is 11.8 Å². The minimum Gasteiger partial charge on any atom is -0.464 e. The number of thioether (sulfide) groups is 1. The molecule has 0 aromatic rings. The lowest BCUT2D eigenvalue weighted by atomic mass is 9.98. The van der Waals surface area contributed by atoms with Gasteiger partial charge in [-0.1, -0.05) is 0 Å². The van der Waals surface area contributed by atoms with Crippen molar-refractivity contribution in [1.29, 1.82) is 0 Å². The first kappa shape index (κ1) is 13.7. The van der Waals surface area contributed by atoms with Gasteiger partial charge in [0, 0.05) is 18.2 Å². The first-order chi connectivity index (χ1) is 8.74. The Balaban J connectivity index is 2.02. The van der Waals surface area contributed by atoms with E-state index in [2.05, 4.69) is 0 Å². The van der Waals surface area contributed by atoms with Crippen LogP contribution in [0.2, 0.25) is 0 Å². The summed E-state index contributed by atoms with van der Waals surface area (Å²) in [4.78, 5) is 26.1. The molecule has 2 heterocycles. The molecule has 2 unspecified atom stereocenters. The predicted molar refractivity (Wildman–Crippen MR) is 71.4 cm³/mol. The molecule has 0 spiro atoms. The Kier molecular flexibility index (Phi) is 4.92. The lowest BCUT2D eigenvalue weighted by Crippen LogP contribution is -2.50. The van der Waals surface area contributed by atoms with Gasteiger partial charge in [0.15, 0.2) is 0 Å². The maximum Gasteiger partial charge on any atom is 0.328 e. The van der Waals surface area contributed by atoms with Gasteiger partial charge in [-0.25, -0.2) is 4.79 Å². The summed E-state index contributed by atoms with van der Waals surface area (Å²) in [7, 11) is 0. The maximum atomic E-state index is 12.4. The number of hydrogen-bond donors (Lipinski definition) is 0. The van der Waals surface area contributed by atoms with Crippen LogP contribution in [0.5, 0.6) is 0 Å². The Hall–Kier alpha value is -0.710. The minimum absolute atomic E-state index is 0.116. The monoisotopic (exact) mass is 271 g/mol. The molecule has 0 aromatic carbocycles. The number of piperidine rings is 1. The van der Waals surface area contributed by atoms with E-state index in [1.807, 2.05) is 11.8 Å². The topological polar surface area (TPSA) is 46.6 Å². The zero-order valence-electron chi connectivity index (χ0n) is 10.9. The number of nitrogens with zero attached hydrogens (tertiary/aromatic N) is 1. The van der Waals surface area contributed by atoms with Crippen LogP contribution >= 0.6 is 11.8 Å². The largest absolute Gasteiger partial charge is 0.464 e. The molecule has 0 aromatic heterocycles. The Morgan fingerprint density at radius 2 is 2.17 bits per heavy atom. The highest BCUT2D eigenvalue weighted by molar-refractivity contribution is 7.99. The Morgan fingerprint density at radius 1 is 1.33 bits per heavy atom. The normalized spacial score (nSPS) is 28.2. The van der Waals surface area contributed by atoms with Crippen molar-refractivity contribution in [3.05, 3.63) is 0 Å². The van der Waals surface area contributed by atoms with Gasteiger partial charge in [0.05, 0.1) is 6.61 Å². The molecular weight excluding hydrogens is 250 g/mol. The van der Waals surface area contributed by atoms with E-state index in [0.717, 1.165) is 37.2 Å². The summed E-state index contributed by atoms with van der Waals surface area (Å²) in [6.45, 7) is 2.90. The quantitative estimate of drug-likeness (QED) is 0.733. The van der Waals surface area contributed by atoms with Crippen LogP contribution in [0.3, 0.4) is 0 Å². The lowest BCUT2D eigenvalue weighted by molar-refractivity contribution is -0.157. The highest BCUT2D eigenvalue weighted by Gasteiger charge is 2.37. The number of ether oxygens (including phenoxy) is 1. The summed E-state index contributed by atoms with van der Waals surface area (Å²) in [5, 5.41) is 0. The molecule has 2 aliphatic rings. The molecule has 2 atom stereocenters. The molecule has 2 fully saturated rings. The van der Waals surface area contributed by atoms with E-state index in [1.165, 1.54) is 0 Å². The molecule has 0 saturated carbocycles. The number of likely N-dealkylation sites (tertiary alicyclic amines) is 1. The van der Waals surface area contributed by atoms with E-state index < -0.39 is 0 Å². The maximum absolute atomic E-state index is 12.4. The van der Waals surface area contributed by atoms with Gasteiger partial charge in [0.1, 0.15) is 6.04 Å². The van der Waals surface area contributed by atoms with Gasteiger partial charge in [0.2, 0.25) is 5.91 Å². The molecule has 0 bridgehead atoms. The van der Waals surface area contributed by atoms with E-state index >= 15 is 0 Å². The molecule has 2 aliphatic heterocycles. The van der Waals surface area contributed by atoms with Gasteiger partial charge in [0.25, 0.3) is 0 Å². The van der Waals surface area contributed by atoms with Crippen molar-refractivity contribution in [2.45, 2.75) is 38.6 Å². The molecule has 102 valence electrons. The smallest absolute Gasteiger partial charge is 0.328 e. The zero-order valence-corrected chi connectivity index (χ0v) is 11.7. The average Bonchev–Trinajstić information content (AvgIpc) is 2.92. The van der Waals surface area contributed by atoms with Crippen LogP contribution in [0.1, 0.15) is 32.6 Å². The highest BCUT2D eigenvalue weighted by Crippen LogP contribution is 2.28. The first-order valence-electron chi connectivity index (χ1n) is 6.79. The van der Waals surface area contributed by atoms with Gasteiger partial charge in [-0.15, -0.1) is 0 Å². The van der Waals surface area contributed by atoms with Crippen LogP contribution in [0, 0.1) is 5.92 Å². The van der Waals surface area contributed by atoms with Crippen LogP contribution in [0.15, 0.2) is 0 Å². The molecule has 0 radical (unpaired) electrons. The van der Waals surface area contributed by atoms with E-state index in [-0.39, 0.29) is 23.8 Å². The number of esters is 1. The van der Waals surface area contributed by atoms with Crippen molar-refractivity contribution in [1.82, 2.24) is 4.90 Å². The summed E-state index contributed by atoms with van der Waals surface area (Å²) in [5.41, 5.74) is 0. The molecule has 0 aliphatic carbocycles. The first-order valence-corrected chi connectivity index (χ1v) is 7.94. The summed E-state index contributed by atoms with van der Waals surface area (Å²) < 4.78 is 5.09. The Morgan fingerprint density at radius 3 is 2.83 bits per heavy atom. The van der Waals surface area contributed by atoms with Crippen LogP contribution in [-0.4, -0.2) is 47.5 Å². The van der Waals surface area contributed by atoms with Gasteiger partial charge < -0.3 is 9.64 Å². The molecule has 1 amide bonds. The second-order valence-corrected chi connectivity index (χ2v) is 6.01. The van der Waals surface area contributed by atoms with Crippen molar-refractivity contribution < 1.29 is 14.3 Å². The van der Waals surface area contributed by atoms with Gasteiger partial charge in [-0.2, -0.15) is 11.8 Å². The molecular formula is C13H21NO3S. The van der Waals surface area contributed by atoms with Crippen molar-refractivity contribution >= 4 is 23.6 Å². The van der Waals surface area contributed by atoms with Crippen LogP contribution in [0.4, 0.5) is 0 Å². The zero-order chi connectivity index (χ0) is 13.0. The summed E-state index contributed by atoms with van der Waals surface area (Å²) in [6.07, 6.45) is 3.72. The van der Waals surface area contributed by atoms with E-state index in [0.29, 0.717) is 13.2 Å². The minimum atomic E-state index is -0.336. The summed E-state index contributed by atoms with van der Waals surface area (Å²) >= 11 is 1.83. The molecule has 2 rings (SSSR count). The second kappa shape index (κ2) is 6.45. The van der Waals surface area contributed by atoms with E-state index in [9.17, 15) is 9.59 Å². The van der Waals surface area contributed by atoms with Crippen molar-refractivity contribution in [3.63, 3.8) is 0 Å². The van der Waals surface area contributed by atoms with E-state index in [4.69, 9.17) is 4.74 Å². The predicted octanol–water partition coefficient (Wildman–Crippen LogP) is 1.68. The van der Waals surface area contributed by atoms with Crippen LogP contribution in [0.25, 0.3) is 0 Å². The van der Waals surface area contributed by atoms with Crippen molar-refractivity contribution in [2.24, 2.45) is 5.92 Å². The fourth-order valence-electron chi connectivity index (χ4n) is 2.64. The van der Waals surface area contributed by atoms with Crippen LogP contribution in [-0.2, 0) is 14.3 Å². The molecule has 18 heavy (non-hydrogen) atoms. The van der Waals surface area contributed by atoms with Gasteiger partial charge in [-0.3, -0.25) is 4.79 Å². The van der Waals surface area contributed by atoms with Crippen LogP contribution < -0.4 is 0 Å². The van der Waals surface area contributed by atoms with Gasteiger partial charge >= 0.3 is 5.97 Å². The fourth-order valence-corrected chi connectivity index (χ4v) is 3.85. The summed E-state index contributed by atoms with van der Waals surface area (Å²) in [6, 6.07) is -0.336. The molecule has 0 N–H and O–H groups in total. The third-order valence-corrected chi connectivity index (χ3v) is 4.79. The lowest BCUT2D eigenvalue weighted by Gasteiger charge is -2.35. The number of carbonyl (C=O) groups is 2. The van der Waals surface area contributed by atoms with Crippen molar-refractivity contribution in [3.8, 4) is 0 Å². The number of amides is 1. The SMILES string of the molecule is CCOC(=O)C1CCCCN1C(=O)C1CCSC1. The standard InChI is InChI=1S/C13H21NO3S/c1-2-17-13(16)11-5-3-4-7-14(11)12(15)10-6-8-18-9-10/h10-11H,2-9H2,1H3.